The van der Waals surface area contributed by atoms with Gasteiger partial charge in [0.05, 0.1) is 0 Å². The third-order valence-electron chi connectivity index (χ3n) is 10.9. The summed E-state index contributed by atoms with van der Waals surface area (Å²) in [4.78, 5) is 0. The van der Waals surface area contributed by atoms with E-state index in [2.05, 4.69) is 243 Å². The molecule has 0 nitrogen and oxygen atoms in total. The van der Waals surface area contributed by atoms with Crippen molar-refractivity contribution in [1.29, 1.82) is 0 Å². The first-order chi connectivity index (χ1) is 27.9. The van der Waals surface area contributed by atoms with Crippen molar-refractivity contribution in [2.24, 2.45) is 0 Å². The van der Waals surface area contributed by atoms with Crippen LogP contribution in [0.5, 0.6) is 0 Å². The second-order valence-electron chi connectivity index (χ2n) is 14.1. The van der Waals surface area contributed by atoms with E-state index in [-0.39, 0.29) is 0 Å². The molecule has 0 saturated heterocycles. The summed E-state index contributed by atoms with van der Waals surface area (Å²) in [6, 6.07) is 92.6. The topological polar surface area (TPSA) is 0 Å². The monoisotopic (exact) mass is 792 g/mol. The summed E-state index contributed by atoms with van der Waals surface area (Å²) in [5.74, 6) is 0. The molecule has 0 bridgehead atoms. The molecular formula is C52H44P4. The highest BCUT2D eigenvalue weighted by Crippen LogP contribution is 2.73. The van der Waals surface area contributed by atoms with Crippen molar-refractivity contribution in [3.63, 3.8) is 0 Å². The van der Waals surface area contributed by atoms with Crippen LogP contribution in [0.2, 0.25) is 0 Å². The number of benzene rings is 8. The van der Waals surface area contributed by atoms with E-state index in [0.29, 0.717) is 22.6 Å². The van der Waals surface area contributed by atoms with Crippen molar-refractivity contribution in [3.8, 4) is 0 Å². The minimum absolute atomic E-state index is 0.412. The van der Waals surface area contributed by atoms with Crippen molar-refractivity contribution in [2.75, 3.05) is 0 Å². The van der Waals surface area contributed by atoms with Crippen LogP contribution in [0.4, 0.5) is 0 Å². The van der Waals surface area contributed by atoms with Gasteiger partial charge in [-0.15, -0.1) is 0 Å². The van der Waals surface area contributed by atoms with Crippen molar-refractivity contribution >= 4 is 74.1 Å². The lowest BCUT2D eigenvalue weighted by Gasteiger charge is -2.62. The lowest BCUT2D eigenvalue weighted by atomic mass is 9.96. The van der Waals surface area contributed by atoms with Crippen LogP contribution in [0, 0.1) is 0 Å². The summed E-state index contributed by atoms with van der Waals surface area (Å²) in [5.41, 5.74) is 1.65. The molecule has 9 rings (SSSR count). The molecule has 0 unspecified atom stereocenters. The Labute approximate surface area is 337 Å². The molecule has 1 aliphatic carbocycles. The van der Waals surface area contributed by atoms with Gasteiger partial charge in [-0.25, -0.2) is 0 Å². The van der Waals surface area contributed by atoms with Gasteiger partial charge in [0.15, 0.2) is 0 Å². The van der Waals surface area contributed by atoms with Gasteiger partial charge in [0.25, 0.3) is 0 Å². The minimum Gasteiger partial charge on any atom is -0.0622 e. The molecule has 8 aromatic rings. The van der Waals surface area contributed by atoms with Gasteiger partial charge in [-0.3, -0.25) is 0 Å². The summed E-state index contributed by atoms with van der Waals surface area (Å²) in [6.07, 6.45) is 0. The van der Waals surface area contributed by atoms with E-state index in [9.17, 15) is 0 Å². The van der Waals surface area contributed by atoms with E-state index in [1.54, 1.807) is 0 Å². The first kappa shape index (κ1) is 37.1. The van der Waals surface area contributed by atoms with Crippen molar-refractivity contribution in [3.05, 3.63) is 243 Å². The van der Waals surface area contributed by atoms with Gasteiger partial charge in [0.1, 0.15) is 0 Å². The van der Waals surface area contributed by atoms with Gasteiger partial charge < -0.3 is 0 Å². The quantitative estimate of drug-likeness (QED) is 0.108. The first-order valence-electron chi connectivity index (χ1n) is 19.4. The molecular weight excluding hydrogens is 748 g/mol. The Balaban J connectivity index is 1.39. The molecule has 4 heteroatoms. The van der Waals surface area contributed by atoms with Crippen molar-refractivity contribution in [2.45, 2.75) is 22.6 Å². The van der Waals surface area contributed by atoms with E-state index in [0.717, 1.165) is 0 Å². The predicted octanol–water partition coefficient (Wildman–Crippen LogP) is 10.0. The highest BCUT2D eigenvalue weighted by molar-refractivity contribution is 7.83. The summed E-state index contributed by atoms with van der Waals surface area (Å²) >= 11 is 0. The number of rotatable bonds is 12. The zero-order valence-corrected chi connectivity index (χ0v) is 34.8. The van der Waals surface area contributed by atoms with E-state index in [1.165, 1.54) is 42.4 Å². The van der Waals surface area contributed by atoms with Gasteiger partial charge in [-0.1, -0.05) is 243 Å². The van der Waals surface area contributed by atoms with Gasteiger partial charge >= 0.3 is 0 Å². The molecule has 0 aliphatic heterocycles. The first-order valence-corrected chi connectivity index (χ1v) is 25.1. The fourth-order valence-corrected chi connectivity index (χ4v) is 24.1. The molecule has 0 N–H and O–H groups in total. The number of hydrogen-bond donors (Lipinski definition) is 0. The molecule has 1 aliphatic rings. The predicted molar refractivity (Wildman–Crippen MR) is 251 cm³/mol. The lowest BCUT2D eigenvalue weighted by Crippen LogP contribution is -2.65. The van der Waals surface area contributed by atoms with Crippen LogP contribution < -0.4 is 42.4 Å². The Kier molecular flexibility index (Phi) is 11.7. The van der Waals surface area contributed by atoms with Crippen molar-refractivity contribution in [1.82, 2.24) is 0 Å². The molecule has 0 atom stereocenters. The van der Waals surface area contributed by atoms with Gasteiger partial charge in [0, 0.05) is 22.6 Å². The molecule has 272 valence electrons. The maximum atomic E-state index is 2.43. The van der Waals surface area contributed by atoms with Gasteiger partial charge in [0.2, 0.25) is 0 Å². The van der Waals surface area contributed by atoms with E-state index in [1.807, 2.05) is 0 Å². The van der Waals surface area contributed by atoms with E-state index < -0.39 is 31.7 Å². The SMILES string of the molecule is c1ccc(P(c2ccccc2)C2C(P(c3ccccc3)c3ccccc3)C(P(c3ccccc3)c3ccccc3)C2P(c2ccccc2)c2ccccc2)cc1. The summed E-state index contributed by atoms with van der Waals surface area (Å²) in [7, 11) is -3.11. The molecule has 8 aromatic carbocycles. The van der Waals surface area contributed by atoms with E-state index >= 15 is 0 Å². The largest absolute Gasteiger partial charge is 0.0622 e. The maximum Gasteiger partial charge on any atom is 0.00316 e. The van der Waals surface area contributed by atoms with Gasteiger partial charge in [-0.05, 0) is 74.1 Å². The zero-order valence-electron chi connectivity index (χ0n) is 31.2. The van der Waals surface area contributed by atoms with E-state index in [4.69, 9.17) is 0 Å². The Morgan fingerprint density at radius 1 is 0.161 bits per heavy atom. The Bertz CT molecular complexity index is 1870. The highest BCUT2D eigenvalue weighted by Gasteiger charge is 2.62. The van der Waals surface area contributed by atoms with Crippen molar-refractivity contribution < 1.29 is 0 Å². The standard InChI is InChI=1S/C52H44P4/c1-9-25-41(26-10-1)53(42-27-11-2-12-28-42)49-50(54(43-29-13-3-14-30-43)44-31-15-4-16-32-44)52(56(47-37-21-7-22-38-47)48-39-23-8-24-40-48)51(49)55(45-33-17-5-18-34-45)46-35-19-6-20-36-46/h1-40,49-52H. The summed E-state index contributed by atoms with van der Waals surface area (Å²) < 4.78 is 0. The Hall–Kier alpha value is -4.52. The maximum absolute atomic E-state index is 2.43. The fourth-order valence-electron chi connectivity index (χ4n) is 8.57. The van der Waals surface area contributed by atoms with Crippen LogP contribution in [0.3, 0.4) is 0 Å². The molecule has 0 heterocycles. The summed E-state index contributed by atoms with van der Waals surface area (Å²) in [5, 5.41) is 11.8. The average Bonchev–Trinajstić information content (AvgIpc) is 3.29. The normalized spacial score (nSPS) is 17.9. The molecule has 1 fully saturated rings. The summed E-state index contributed by atoms with van der Waals surface area (Å²) in [6.45, 7) is 0. The van der Waals surface area contributed by atoms with Gasteiger partial charge in [-0.2, -0.15) is 0 Å². The third-order valence-corrected chi connectivity index (χ3v) is 23.6. The van der Waals surface area contributed by atoms with Crippen LogP contribution >= 0.6 is 31.7 Å². The van der Waals surface area contributed by atoms with Crippen LogP contribution in [0.1, 0.15) is 0 Å². The molecule has 0 amide bonds. The molecule has 0 radical (unpaired) electrons. The van der Waals surface area contributed by atoms with Crippen LogP contribution in [0.25, 0.3) is 0 Å². The molecule has 0 spiro atoms. The fraction of sp³-hybridized carbons (Fsp3) is 0.0769. The second-order valence-corrected chi connectivity index (χ2v) is 23.6. The van der Waals surface area contributed by atoms with Crippen LogP contribution in [-0.2, 0) is 0 Å². The lowest BCUT2D eigenvalue weighted by molar-refractivity contribution is 0.556. The van der Waals surface area contributed by atoms with Crippen LogP contribution in [0.15, 0.2) is 243 Å². The third kappa shape index (κ3) is 7.63. The number of hydrogen-bond acceptors (Lipinski definition) is 0. The molecule has 1 saturated carbocycles. The minimum atomic E-state index is -0.777. The molecule has 56 heavy (non-hydrogen) atoms. The Morgan fingerprint density at radius 2 is 0.268 bits per heavy atom. The Morgan fingerprint density at radius 3 is 0.375 bits per heavy atom. The second kappa shape index (κ2) is 17.7. The average molecular weight is 793 g/mol. The van der Waals surface area contributed by atoms with Crippen LogP contribution in [-0.4, -0.2) is 22.6 Å². The molecule has 0 aromatic heterocycles. The highest BCUT2D eigenvalue weighted by atomic mass is 31.1. The smallest absolute Gasteiger partial charge is 0.00316 e. The zero-order chi connectivity index (χ0) is 37.5.